The molecule has 10 heteroatoms. The van der Waals surface area contributed by atoms with Crippen molar-refractivity contribution in [2.45, 2.75) is 0 Å². The third-order valence-electron chi connectivity index (χ3n) is 20.7. The number of nitrogens with zero attached hydrogens (tertiary/aromatic N) is 3. The number of nitrogens with one attached hydrogen (secondary N) is 1. The van der Waals surface area contributed by atoms with E-state index in [-0.39, 0.29) is 21.1 Å². The molecule has 0 aliphatic carbocycles. The Morgan fingerprint density at radius 1 is 0.156 bits per heavy atom. The van der Waals surface area contributed by atoms with Crippen molar-refractivity contribution in [3.05, 3.63) is 508 Å². The van der Waals surface area contributed by atoms with E-state index in [0.717, 1.165) is 76.0 Å². The van der Waals surface area contributed by atoms with Crippen LogP contribution in [0.2, 0.25) is 0 Å². The first-order valence-electron chi connectivity index (χ1n) is 40.0. The summed E-state index contributed by atoms with van der Waals surface area (Å²) in [5, 5.41) is 13.2. The van der Waals surface area contributed by atoms with E-state index in [2.05, 4.69) is 482 Å². The van der Waals surface area contributed by atoms with Crippen molar-refractivity contribution in [3.63, 3.8) is 0 Å². The molecule has 0 aliphatic rings. The summed E-state index contributed by atoms with van der Waals surface area (Å²) in [6.07, 6.45) is 0. The van der Waals surface area contributed by atoms with Gasteiger partial charge < -0.3 is 20.0 Å². The van der Waals surface area contributed by atoms with Crippen LogP contribution in [0.4, 0.5) is 62.6 Å². The molecule has 0 saturated heterocycles. The Morgan fingerprint density at radius 3 is 0.639 bits per heavy atom. The van der Waals surface area contributed by atoms with E-state index >= 15 is 0 Å². The largest absolute Gasteiger partial charge is 0.356 e. The minimum absolute atomic E-state index is 0. The van der Waals surface area contributed by atoms with E-state index < -0.39 is 0 Å². The number of halogens is 5. The molecule has 0 saturated carbocycles. The van der Waals surface area contributed by atoms with Gasteiger partial charge in [-0.1, -0.05) is 363 Å². The summed E-state index contributed by atoms with van der Waals surface area (Å²) in [5.74, 6) is 0. The Kier molecular flexibility index (Phi) is 29.0. The summed E-state index contributed by atoms with van der Waals surface area (Å²) in [5.41, 5.74) is 22.0. The van der Waals surface area contributed by atoms with Gasteiger partial charge in [0.15, 0.2) is 0 Å². The molecule has 122 heavy (non-hydrogen) atoms. The second-order valence-electron chi connectivity index (χ2n) is 28.6. The maximum Gasteiger partial charge on any atom is 0.0472 e. The molecule has 0 atom stereocenters. The quantitative estimate of drug-likeness (QED) is 0.103. The van der Waals surface area contributed by atoms with E-state index in [4.69, 9.17) is 0 Å². The van der Waals surface area contributed by atoms with Gasteiger partial charge in [-0.2, -0.15) is 0 Å². The van der Waals surface area contributed by atoms with Crippen molar-refractivity contribution < 1.29 is 21.1 Å². The van der Waals surface area contributed by atoms with Gasteiger partial charge in [-0.15, -0.1) is 0 Å². The van der Waals surface area contributed by atoms with Gasteiger partial charge in [0.05, 0.1) is 0 Å². The van der Waals surface area contributed by atoms with Crippen LogP contribution < -0.4 is 20.0 Å². The van der Waals surface area contributed by atoms with Crippen molar-refractivity contribution in [1.29, 1.82) is 0 Å². The number of hydrogen-bond donors (Lipinski definition) is 1. The fourth-order valence-corrected chi connectivity index (χ4v) is 18.1. The summed E-state index contributed by atoms with van der Waals surface area (Å²) in [6.45, 7) is 0. The van der Waals surface area contributed by atoms with Crippen LogP contribution in [0.15, 0.2) is 508 Å². The predicted octanol–water partition coefficient (Wildman–Crippen LogP) is 35.7. The second kappa shape index (κ2) is 41.8. The van der Waals surface area contributed by atoms with Crippen LogP contribution >= 0.6 is 79.6 Å². The van der Waals surface area contributed by atoms with Gasteiger partial charge in [0.25, 0.3) is 0 Å². The first-order chi connectivity index (χ1) is 59.6. The maximum atomic E-state index is 3.70. The summed E-state index contributed by atoms with van der Waals surface area (Å²) >= 11 is 17.6. The average Bonchev–Trinajstić information content (AvgIpc) is 0.731. The first kappa shape index (κ1) is 84.7. The Hall–Kier alpha value is -12.3. The monoisotopic (exact) mass is 2060 g/mol. The number of hydrogen-bond acceptors (Lipinski definition) is 4. The number of rotatable bonds is 15. The molecule has 20 aromatic carbocycles. The van der Waals surface area contributed by atoms with Gasteiger partial charge in [0.1, 0.15) is 0 Å². The van der Waals surface area contributed by atoms with Gasteiger partial charge in [0, 0.05) is 106 Å². The van der Waals surface area contributed by atoms with Crippen LogP contribution in [0.5, 0.6) is 0 Å². The zero-order chi connectivity index (χ0) is 82.5. The molecule has 0 spiro atoms. The van der Waals surface area contributed by atoms with E-state index in [9.17, 15) is 0 Å². The van der Waals surface area contributed by atoms with Crippen LogP contribution in [0.25, 0.3) is 87.6 Å². The van der Waals surface area contributed by atoms with E-state index in [1.165, 1.54) is 96.5 Å². The minimum atomic E-state index is 0. The Balaban J connectivity index is 0.000000158. The van der Waals surface area contributed by atoms with Gasteiger partial charge in [-0.25, -0.2) is 0 Å². The maximum absolute atomic E-state index is 3.70. The third kappa shape index (κ3) is 20.7. The van der Waals surface area contributed by atoms with Crippen molar-refractivity contribution in [2.24, 2.45) is 0 Å². The predicted molar refractivity (Wildman–Crippen MR) is 536 cm³/mol. The number of para-hydroxylation sites is 8. The number of fused-ring (bicyclic) bond motifs is 4. The Labute approximate surface area is 771 Å². The molecule has 20 rings (SSSR count). The van der Waals surface area contributed by atoms with Crippen LogP contribution in [-0.2, 0) is 21.1 Å². The second-order valence-corrected chi connectivity index (χ2v) is 32.9. The van der Waals surface area contributed by atoms with Crippen molar-refractivity contribution >= 4 is 185 Å². The zero-order valence-corrected chi connectivity index (χ0v) is 77.2. The molecule has 0 fully saturated rings. The first-order valence-corrected chi connectivity index (χ1v) is 43.9. The molecule has 0 heterocycles. The molecule has 0 aromatic heterocycles. The van der Waals surface area contributed by atoms with Crippen LogP contribution in [0, 0.1) is 0 Å². The van der Waals surface area contributed by atoms with E-state index in [1.54, 1.807) is 0 Å². The molecule has 0 aliphatic heterocycles. The molecular formula is C112H81Br5N4W. The minimum Gasteiger partial charge on any atom is -0.356 e. The van der Waals surface area contributed by atoms with Crippen LogP contribution in [0.1, 0.15) is 0 Å². The molecule has 0 unspecified atom stereocenters. The molecule has 0 amide bonds. The molecule has 4 nitrogen and oxygen atoms in total. The molecule has 0 bridgehead atoms. The molecule has 20 aromatic rings. The van der Waals surface area contributed by atoms with Crippen molar-refractivity contribution in [3.8, 4) is 44.5 Å². The van der Waals surface area contributed by atoms with Crippen molar-refractivity contribution in [1.82, 2.24) is 0 Å². The molecule has 590 valence electrons. The molecule has 1 N–H and O–H groups in total. The number of benzene rings is 20. The summed E-state index contributed by atoms with van der Waals surface area (Å²) in [4.78, 5) is 6.85. The van der Waals surface area contributed by atoms with Gasteiger partial charge in [-0.3, -0.25) is 0 Å². The van der Waals surface area contributed by atoms with Crippen LogP contribution in [0.3, 0.4) is 0 Å². The SMILES string of the molecule is Brc1c2ccccc2c(Br)c2ccccc12.Brc1cccc(Br)c1.Brc1cccc(N(c2ccccc2)c2ccccc2)c1.[W].c1ccc(N(c2ccccc2)c2ccc(-c3cccc(-c4c5ccccc5c(-c5cccc(-c6ccc(N(c7ccccc7)c7ccccc7)cc6)c5)c5ccccc45)c3)cc2)cc1.c1ccc(Nc2ccccc2)cc1. The van der Waals surface area contributed by atoms with E-state index in [0.29, 0.717) is 0 Å². The van der Waals surface area contributed by atoms with E-state index in [1.807, 2.05) is 103 Å². The normalized spacial score (nSPS) is 10.6. The number of anilines is 11. The van der Waals surface area contributed by atoms with Crippen LogP contribution in [-0.4, -0.2) is 0 Å². The van der Waals surface area contributed by atoms with Crippen molar-refractivity contribution in [2.75, 3.05) is 20.0 Å². The topological polar surface area (TPSA) is 21.8 Å². The average molecular weight is 2070 g/mol. The van der Waals surface area contributed by atoms with Gasteiger partial charge >= 0.3 is 0 Å². The van der Waals surface area contributed by atoms with Gasteiger partial charge in [0.2, 0.25) is 0 Å². The standard InChI is InChI=1S/C62H44N2.C18H14BrN.C14H8Br2.C12H11N.C6H4Br2.W/c1-5-23-51(24-6-1)63(52-25-7-2-8-26-52)55-39-35-45(36-40-55)47-19-17-21-49(43-47)61-57-31-13-15-33-59(57)62(60-34-16-14-32-58(60)61)50-22-18-20-48(44-50)46-37-41-56(42-38-46)64(53-27-9-3-10-28-53)54-29-11-4-12-30-54;19-15-8-7-13-18(14-15)20(16-9-3-1-4-10-16)17-11-5-2-6-12-17;15-13-9-5-1-2-6-10(9)14(16)12-8-4-3-7-11(12)13;1-3-7-11(8-4-1)13-12-9-5-2-6-10-12;7-5-2-1-3-6(8)4-5;/h1-44H;1-14H;1-8H;1-10,13H;1-4H;. The molecular weight excluding hydrogens is 1980 g/mol. The Bertz CT molecular complexity index is 6210. The smallest absolute Gasteiger partial charge is 0.0472 e. The zero-order valence-electron chi connectivity index (χ0n) is 66.3. The summed E-state index contributed by atoms with van der Waals surface area (Å²) in [7, 11) is 0. The molecule has 0 radical (unpaired) electrons. The summed E-state index contributed by atoms with van der Waals surface area (Å²) in [6, 6.07) is 170. The fourth-order valence-electron chi connectivity index (χ4n) is 15.2. The Morgan fingerprint density at radius 2 is 0.369 bits per heavy atom. The fraction of sp³-hybridized carbons (Fsp3) is 0. The third-order valence-corrected chi connectivity index (χ3v) is 23.9. The van der Waals surface area contributed by atoms with Gasteiger partial charge in [-0.05, 0) is 289 Å². The summed E-state index contributed by atoms with van der Waals surface area (Å²) < 4.78 is 5.62.